The third kappa shape index (κ3) is 4.99. The molecule has 0 aliphatic carbocycles. The van der Waals surface area contributed by atoms with Crippen molar-refractivity contribution in [2.24, 2.45) is 5.10 Å². The molecule has 0 bridgehead atoms. The van der Waals surface area contributed by atoms with Crippen LogP contribution in [0.5, 0.6) is 5.88 Å². The first-order chi connectivity index (χ1) is 14.1. The van der Waals surface area contributed by atoms with Crippen LogP contribution >= 0.6 is 15.9 Å². The van der Waals surface area contributed by atoms with E-state index >= 15 is 0 Å². The Morgan fingerprint density at radius 2 is 1.71 bits per heavy atom. The van der Waals surface area contributed by atoms with Gasteiger partial charge in [-0.05, 0) is 28.1 Å². The van der Waals surface area contributed by atoms with Crippen molar-refractivity contribution in [2.45, 2.75) is 23.9 Å². The van der Waals surface area contributed by atoms with Crippen LogP contribution in [0.3, 0.4) is 0 Å². The highest BCUT2D eigenvalue weighted by atomic mass is 79.9. The highest BCUT2D eigenvalue weighted by molar-refractivity contribution is 9.10. The molecule has 0 saturated heterocycles. The van der Waals surface area contributed by atoms with Crippen molar-refractivity contribution < 1.29 is 54.1 Å². The van der Waals surface area contributed by atoms with E-state index in [9.17, 15) is 44.6 Å². The minimum atomic E-state index is -7.03. The number of pyridine rings is 1. The van der Waals surface area contributed by atoms with Gasteiger partial charge in [0.05, 0.1) is 21.4 Å². The van der Waals surface area contributed by atoms with Gasteiger partial charge in [0.25, 0.3) is 0 Å². The lowest BCUT2D eigenvalue weighted by Crippen LogP contribution is -2.62. The van der Waals surface area contributed by atoms with Crippen molar-refractivity contribution in [3.05, 3.63) is 46.8 Å². The number of rotatable bonds is 7. The van der Waals surface area contributed by atoms with E-state index in [1.54, 1.807) is 0 Å². The fourth-order valence-corrected chi connectivity index (χ4v) is 2.30. The van der Waals surface area contributed by atoms with Crippen LogP contribution in [0.15, 0.2) is 46.4 Å². The molecule has 0 saturated carbocycles. The van der Waals surface area contributed by atoms with Crippen LogP contribution in [0.4, 0.5) is 39.5 Å². The third-order valence-corrected chi connectivity index (χ3v) is 4.02. The molecular weight excluding hydrogens is 519 g/mol. The zero-order chi connectivity index (χ0) is 23.7. The quantitative estimate of drug-likeness (QED) is 0.241. The maximum absolute atomic E-state index is 13.5. The average Bonchev–Trinajstić information content (AvgIpc) is 2.66. The first kappa shape index (κ1) is 24.6. The van der Waals surface area contributed by atoms with Gasteiger partial charge >= 0.3 is 23.9 Å². The summed E-state index contributed by atoms with van der Waals surface area (Å²) in [6, 6.07) is 3.94. The second-order valence-electron chi connectivity index (χ2n) is 5.67. The molecule has 6 nitrogen and oxygen atoms in total. The molecular formula is C15H8BrF9N4O2. The molecule has 0 unspecified atom stereocenters. The lowest BCUT2D eigenvalue weighted by molar-refractivity contribution is -0.739. The van der Waals surface area contributed by atoms with Gasteiger partial charge in [-0.3, -0.25) is 0 Å². The Morgan fingerprint density at radius 1 is 1.06 bits per heavy atom. The first-order valence-electron chi connectivity index (χ1n) is 7.68. The van der Waals surface area contributed by atoms with Crippen LogP contribution in [0.2, 0.25) is 0 Å². The summed E-state index contributed by atoms with van der Waals surface area (Å²) in [7, 11) is 0. The van der Waals surface area contributed by atoms with Crippen LogP contribution in [0, 0.1) is 0 Å². The van der Waals surface area contributed by atoms with E-state index < -0.39 is 42.3 Å². The Bertz CT molecular complexity index is 955. The zero-order valence-corrected chi connectivity index (χ0v) is 16.1. The van der Waals surface area contributed by atoms with Gasteiger partial charge in [0, 0.05) is 28.0 Å². The Hall–Kier alpha value is -2.65. The van der Waals surface area contributed by atoms with Crippen molar-refractivity contribution >= 4 is 21.8 Å². The summed E-state index contributed by atoms with van der Waals surface area (Å²) >= 11 is 2.73. The maximum Gasteiger partial charge on any atom is 0.460 e. The molecule has 2 aromatic rings. The SMILES string of the molecule is [O-]C(=N[n+]1ccccn1)c1cnc(OCC(F)(F)C(F)(F)C(F)(F)C(F)(F)F)c(Br)c1. The van der Waals surface area contributed by atoms with E-state index in [4.69, 9.17) is 0 Å². The predicted molar refractivity (Wildman–Crippen MR) is 84.7 cm³/mol. The molecule has 0 spiro atoms. The number of hydrogen-bond donors (Lipinski definition) is 0. The molecule has 0 aliphatic rings. The molecule has 0 N–H and O–H groups in total. The second-order valence-corrected chi connectivity index (χ2v) is 6.53. The van der Waals surface area contributed by atoms with Crippen LogP contribution in [-0.2, 0) is 0 Å². The lowest BCUT2D eigenvalue weighted by Gasteiger charge is -2.33. The lowest BCUT2D eigenvalue weighted by atomic mass is 10.0. The fourth-order valence-electron chi connectivity index (χ4n) is 1.84. The Balaban J connectivity index is 2.20. The molecule has 0 amide bonds. The van der Waals surface area contributed by atoms with Crippen LogP contribution in [-0.4, -0.2) is 46.5 Å². The second kappa shape index (κ2) is 8.47. The van der Waals surface area contributed by atoms with Gasteiger partial charge in [-0.2, -0.15) is 39.5 Å². The molecule has 2 aromatic heterocycles. The minimum absolute atomic E-state index is 0.252. The normalized spacial score (nSPS) is 13.9. The molecule has 2 heterocycles. The standard InChI is InChI=1S/C15H8BrF9N4O2/c16-9-5-8(10(30)28-29-4-2-1-3-27-29)6-26-11(9)31-7-12(17,18)13(19,20)14(21,22)15(23,24)25/h1-6H,7H2. The molecule has 0 radical (unpaired) electrons. The molecule has 0 aliphatic heterocycles. The monoisotopic (exact) mass is 526 g/mol. The van der Waals surface area contributed by atoms with Gasteiger partial charge in [-0.1, -0.05) is 0 Å². The summed E-state index contributed by atoms with van der Waals surface area (Å²) in [6.45, 7) is -2.57. The highest BCUT2D eigenvalue weighted by Gasteiger charge is 2.81. The van der Waals surface area contributed by atoms with Gasteiger partial charge in [0.15, 0.2) is 6.61 Å². The minimum Gasteiger partial charge on any atom is -0.854 e. The van der Waals surface area contributed by atoms with Crippen LogP contribution < -0.4 is 14.6 Å². The van der Waals surface area contributed by atoms with Crippen LogP contribution in [0.25, 0.3) is 0 Å². The average molecular weight is 527 g/mol. The van der Waals surface area contributed by atoms with Gasteiger partial charge in [0.2, 0.25) is 12.1 Å². The number of nitrogens with zero attached hydrogens (tertiary/aromatic N) is 4. The Labute approximate surface area is 175 Å². The summed E-state index contributed by atoms with van der Waals surface area (Å²) in [5.41, 5.74) is -0.252. The summed E-state index contributed by atoms with van der Waals surface area (Å²) in [5.74, 6) is -21.6. The van der Waals surface area contributed by atoms with E-state index in [0.717, 1.165) is 17.1 Å². The largest absolute Gasteiger partial charge is 0.854 e. The molecule has 0 fully saturated rings. The van der Waals surface area contributed by atoms with Gasteiger partial charge < -0.3 is 9.84 Å². The maximum atomic E-state index is 13.5. The van der Waals surface area contributed by atoms with Crippen LogP contribution in [0.1, 0.15) is 5.56 Å². The molecule has 16 heteroatoms. The Kier molecular flexibility index (Phi) is 6.73. The number of ether oxygens (including phenoxy) is 1. The molecule has 0 aromatic carbocycles. The van der Waals surface area contributed by atoms with Gasteiger partial charge in [-0.25, -0.2) is 4.98 Å². The van der Waals surface area contributed by atoms with E-state index in [0.29, 0.717) is 0 Å². The number of aromatic nitrogens is 3. The van der Waals surface area contributed by atoms with Crippen molar-refractivity contribution in [2.75, 3.05) is 6.61 Å². The van der Waals surface area contributed by atoms with Crippen molar-refractivity contribution in [3.8, 4) is 5.88 Å². The zero-order valence-electron chi connectivity index (χ0n) is 14.6. The summed E-state index contributed by atoms with van der Waals surface area (Å²) in [5, 5.41) is 19.2. The molecule has 0 atom stereocenters. The predicted octanol–water partition coefficient (Wildman–Crippen LogP) is 2.94. The molecule has 2 rings (SSSR count). The summed E-state index contributed by atoms with van der Waals surface area (Å²) in [4.78, 5) is 4.25. The Morgan fingerprint density at radius 3 is 2.23 bits per heavy atom. The smallest absolute Gasteiger partial charge is 0.460 e. The van der Waals surface area contributed by atoms with Gasteiger partial charge in [-0.15, -0.1) is 0 Å². The first-order valence-corrected chi connectivity index (χ1v) is 8.47. The fraction of sp³-hybridized carbons (Fsp3) is 0.333. The third-order valence-electron chi connectivity index (χ3n) is 3.45. The van der Waals surface area contributed by atoms with Gasteiger partial charge in [0.1, 0.15) is 0 Å². The van der Waals surface area contributed by atoms with Crippen molar-refractivity contribution in [1.82, 2.24) is 10.1 Å². The van der Waals surface area contributed by atoms with Crippen molar-refractivity contribution in [3.63, 3.8) is 0 Å². The topological polar surface area (TPSA) is 74.3 Å². The van der Waals surface area contributed by atoms with E-state index in [1.165, 1.54) is 24.5 Å². The highest BCUT2D eigenvalue weighted by Crippen LogP contribution is 2.53. The molecule has 170 valence electrons. The van der Waals surface area contributed by atoms with E-state index in [-0.39, 0.29) is 10.0 Å². The van der Waals surface area contributed by atoms with E-state index in [2.05, 4.69) is 35.9 Å². The number of hydrogen-bond acceptors (Lipinski definition) is 5. The summed E-state index contributed by atoms with van der Waals surface area (Å²) in [6.07, 6.45) is -3.61. The molecule has 31 heavy (non-hydrogen) atoms. The summed E-state index contributed by atoms with van der Waals surface area (Å²) < 4.78 is 119. The van der Waals surface area contributed by atoms with Crippen molar-refractivity contribution in [1.29, 1.82) is 0 Å². The van der Waals surface area contributed by atoms with E-state index in [1.807, 2.05) is 0 Å². The number of alkyl halides is 9. The number of halogens is 10.